The number of hydrogen-bond donors (Lipinski definition) is 0. The molecule has 0 N–H and O–H groups in total. The summed E-state index contributed by atoms with van der Waals surface area (Å²) in [7, 11) is 0. The van der Waals surface area contributed by atoms with E-state index in [9.17, 15) is 22.8 Å². The Morgan fingerprint density at radius 3 is 2.21 bits per heavy atom. The van der Waals surface area contributed by atoms with E-state index in [4.69, 9.17) is 11.6 Å². The van der Waals surface area contributed by atoms with Crippen LogP contribution in [-0.4, -0.2) is 22.4 Å². The van der Waals surface area contributed by atoms with Crippen molar-refractivity contribution in [2.75, 3.05) is 0 Å². The highest BCUT2D eigenvalue weighted by Crippen LogP contribution is 2.29. The maximum Gasteiger partial charge on any atom is 0.454 e. The Morgan fingerprint density at radius 2 is 1.58 bits per heavy atom. The van der Waals surface area contributed by atoms with Crippen LogP contribution in [0.25, 0.3) is 10.9 Å². The molecule has 0 bridgehead atoms. The second kappa shape index (κ2) is 5.79. The smallest absolute Gasteiger partial charge is 0.284 e. The Labute approximate surface area is 139 Å². The Kier molecular flexibility index (Phi) is 3.93. The number of alkyl halides is 3. The molecule has 7 heteroatoms. The third kappa shape index (κ3) is 2.80. The van der Waals surface area contributed by atoms with Gasteiger partial charge in [-0.25, -0.2) is 0 Å². The van der Waals surface area contributed by atoms with Crippen LogP contribution in [-0.2, 0) is 0 Å². The van der Waals surface area contributed by atoms with Gasteiger partial charge in [0.1, 0.15) is 0 Å². The lowest BCUT2D eigenvalue weighted by Crippen LogP contribution is -2.22. The van der Waals surface area contributed by atoms with E-state index in [1.165, 1.54) is 42.5 Å². The van der Waals surface area contributed by atoms with Gasteiger partial charge in [0.05, 0.1) is 11.1 Å². The second-order valence-electron chi connectivity index (χ2n) is 5.07. The van der Waals surface area contributed by atoms with Crippen LogP contribution in [0, 0.1) is 0 Å². The maximum absolute atomic E-state index is 12.8. The fraction of sp³-hybridized carbons (Fsp3) is 0.0588. The molecular weight excluding hydrogens is 343 g/mol. The number of halogens is 4. The molecule has 0 radical (unpaired) electrons. The fourth-order valence-corrected chi connectivity index (χ4v) is 2.54. The van der Waals surface area contributed by atoms with Gasteiger partial charge in [0.25, 0.3) is 11.7 Å². The van der Waals surface area contributed by atoms with Gasteiger partial charge in [-0.2, -0.15) is 13.2 Å². The van der Waals surface area contributed by atoms with Crippen molar-refractivity contribution < 1.29 is 22.8 Å². The zero-order valence-electron chi connectivity index (χ0n) is 12.0. The highest BCUT2D eigenvalue weighted by molar-refractivity contribution is 6.30. The third-order valence-corrected chi connectivity index (χ3v) is 3.78. The Balaban J connectivity index is 2.17. The van der Waals surface area contributed by atoms with Crippen LogP contribution >= 0.6 is 11.6 Å². The molecule has 1 heterocycles. The molecule has 3 aromatic rings. The van der Waals surface area contributed by atoms with E-state index in [1.54, 1.807) is 6.07 Å². The molecule has 0 unspecified atom stereocenters. The number of rotatable bonds is 2. The summed E-state index contributed by atoms with van der Waals surface area (Å²) < 4.78 is 39.4. The van der Waals surface area contributed by atoms with Crippen LogP contribution in [0.2, 0.25) is 5.02 Å². The Hall–Kier alpha value is -2.60. The quantitative estimate of drug-likeness (QED) is 0.626. The van der Waals surface area contributed by atoms with Gasteiger partial charge >= 0.3 is 6.18 Å². The van der Waals surface area contributed by atoms with Crippen LogP contribution in [0.5, 0.6) is 0 Å². The van der Waals surface area contributed by atoms with Gasteiger partial charge in [-0.15, -0.1) is 0 Å². The van der Waals surface area contributed by atoms with E-state index < -0.39 is 23.4 Å². The monoisotopic (exact) mass is 351 g/mol. The van der Waals surface area contributed by atoms with Crippen molar-refractivity contribution in [3.8, 4) is 0 Å². The zero-order valence-corrected chi connectivity index (χ0v) is 12.7. The SMILES string of the molecule is O=C(c1ccc(Cl)cc1)n1cc(C(=O)C(F)(F)F)c2ccccc21. The predicted molar refractivity (Wildman–Crippen MR) is 83.5 cm³/mol. The van der Waals surface area contributed by atoms with Crippen LogP contribution in [0.3, 0.4) is 0 Å². The van der Waals surface area contributed by atoms with Crippen LogP contribution < -0.4 is 0 Å². The first-order valence-corrected chi connectivity index (χ1v) is 7.18. The minimum Gasteiger partial charge on any atom is -0.284 e. The van der Waals surface area contributed by atoms with Gasteiger partial charge < -0.3 is 0 Å². The lowest BCUT2D eigenvalue weighted by Gasteiger charge is -2.04. The number of carbonyl (C=O) groups is 2. The van der Waals surface area contributed by atoms with E-state index in [0.29, 0.717) is 5.02 Å². The topological polar surface area (TPSA) is 39.1 Å². The molecule has 0 aliphatic rings. The number of Topliss-reactive ketones (excluding diaryl/α,β-unsaturated/α-hetero) is 1. The average Bonchev–Trinajstić information content (AvgIpc) is 2.93. The summed E-state index contributed by atoms with van der Waals surface area (Å²) in [5.74, 6) is -2.54. The van der Waals surface area contributed by atoms with E-state index >= 15 is 0 Å². The summed E-state index contributed by atoms with van der Waals surface area (Å²) in [6, 6.07) is 11.9. The van der Waals surface area contributed by atoms with Crippen LogP contribution in [0.1, 0.15) is 20.7 Å². The number of hydrogen-bond acceptors (Lipinski definition) is 2. The maximum atomic E-state index is 12.8. The van der Waals surface area contributed by atoms with Gasteiger partial charge in [-0.3, -0.25) is 14.2 Å². The summed E-state index contributed by atoms with van der Waals surface area (Å²) in [5.41, 5.74) is -0.0865. The largest absolute Gasteiger partial charge is 0.454 e. The van der Waals surface area contributed by atoms with Gasteiger partial charge in [0.15, 0.2) is 0 Å². The normalized spacial score (nSPS) is 11.7. The molecule has 0 aliphatic heterocycles. The van der Waals surface area contributed by atoms with Crippen molar-refractivity contribution in [1.29, 1.82) is 0 Å². The van der Waals surface area contributed by atoms with Crippen molar-refractivity contribution in [3.63, 3.8) is 0 Å². The predicted octanol–water partition coefficient (Wildman–Crippen LogP) is 4.73. The van der Waals surface area contributed by atoms with E-state index in [0.717, 1.165) is 10.8 Å². The van der Waals surface area contributed by atoms with Crippen molar-refractivity contribution in [3.05, 3.63) is 70.9 Å². The summed E-state index contributed by atoms with van der Waals surface area (Å²) in [5, 5.41) is 0.499. The molecule has 0 aliphatic carbocycles. The van der Waals surface area contributed by atoms with Gasteiger partial charge in [0.2, 0.25) is 0 Å². The van der Waals surface area contributed by atoms with Gasteiger partial charge in [-0.1, -0.05) is 29.8 Å². The number of aromatic nitrogens is 1. The van der Waals surface area contributed by atoms with Crippen LogP contribution in [0.4, 0.5) is 13.2 Å². The van der Waals surface area contributed by atoms with Crippen molar-refractivity contribution in [2.45, 2.75) is 6.18 Å². The lowest BCUT2D eigenvalue weighted by molar-refractivity contribution is -0.0884. The average molecular weight is 352 g/mol. The molecule has 0 spiro atoms. The fourth-order valence-electron chi connectivity index (χ4n) is 2.41. The van der Waals surface area contributed by atoms with Gasteiger partial charge in [-0.05, 0) is 30.3 Å². The summed E-state index contributed by atoms with van der Waals surface area (Å²) in [4.78, 5) is 24.2. The summed E-state index contributed by atoms with van der Waals surface area (Å²) >= 11 is 5.77. The molecule has 0 fully saturated rings. The number of ketones is 1. The zero-order chi connectivity index (χ0) is 17.5. The van der Waals surface area contributed by atoms with Crippen LogP contribution in [0.15, 0.2) is 54.7 Å². The summed E-state index contributed by atoms with van der Waals surface area (Å²) in [6.07, 6.45) is -4.09. The minimum atomic E-state index is -5.02. The lowest BCUT2D eigenvalue weighted by atomic mass is 10.1. The number of fused-ring (bicyclic) bond motifs is 1. The van der Waals surface area contributed by atoms with Crippen molar-refractivity contribution in [2.24, 2.45) is 0 Å². The Morgan fingerprint density at radius 1 is 0.958 bits per heavy atom. The Bertz CT molecular complexity index is 943. The first-order chi connectivity index (χ1) is 11.3. The highest BCUT2D eigenvalue weighted by Gasteiger charge is 2.41. The van der Waals surface area contributed by atoms with Gasteiger partial charge in [0, 0.05) is 22.2 Å². The molecule has 3 rings (SSSR count). The molecular formula is C17H9ClF3NO2. The number of carbonyl (C=O) groups excluding carboxylic acids is 2. The molecule has 0 saturated carbocycles. The molecule has 0 atom stereocenters. The molecule has 1 aromatic heterocycles. The molecule has 0 saturated heterocycles. The second-order valence-corrected chi connectivity index (χ2v) is 5.51. The minimum absolute atomic E-state index is 0.0714. The molecule has 122 valence electrons. The number of para-hydroxylation sites is 1. The first kappa shape index (κ1) is 16.3. The number of nitrogens with zero attached hydrogens (tertiary/aromatic N) is 1. The highest BCUT2D eigenvalue weighted by atomic mass is 35.5. The first-order valence-electron chi connectivity index (χ1n) is 6.81. The van der Waals surface area contributed by atoms with E-state index in [2.05, 4.69) is 0 Å². The van der Waals surface area contributed by atoms with E-state index in [1.807, 2.05) is 0 Å². The van der Waals surface area contributed by atoms with Crippen molar-refractivity contribution >= 4 is 34.2 Å². The number of benzene rings is 2. The molecule has 2 aromatic carbocycles. The standard InChI is InChI=1S/C17H9ClF3NO2/c18-11-7-5-10(6-8-11)16(24)22-9-13(15(23)17(19,20)21)12-3-1-2-4-14(12)22/h1-9H. The molecule has 3 nitrogen and oxygen atoms in total. The summed E-state index contributed by atoms with van der Waals surface area (Å²) in [6.45, 7) is 0. The molecule has 24 heavy (non-hydrogen) atoms. The molecule has 0 amide bonds. The van der Waals surface area contributed by atoms with E-state index in [-0.39, 0.29) is 16.5 Å². The van der Waals surface area contributed by atoms with Crippen molar-refractivity contribution in [1.82, 2.24) is 4.57 Å². The third-order valence-electron chi connectivity index (χ3n) is 3.52.